The number of carbonyl (C=O) groups excluding carboxylic acids is 2. The van der Waals surface area contributed by atoms with Gasteiger partial charge in [0, 0.05) is 45.8 Å². The number of ether oxygens (including phenoxy) is 1. The lowest BCUT2D eigenvalue weighted by Crippen LogP contribution is -2.54. The molecule has 2 fully saturated rings. The third-order valence-electron chi connectivity index (χ3n) is 8.22. The molecular weight excluding hydrogens is 504 g/mol. The first kappa shape index (κ1) is 31.7. The summed E-state index contributed by atoms with van der Waals surface area (Å²) in [6, 6.07) is 12.0. The summed E-state index contributed by atoms with van der Waals surface area (Å²) in [5.41, 5.74) is 2.49. The third kappa shape index (κ3) is 9.94. The molecule has 1 N–H and O–H groups in total. The van der Waals surface area contributed by atoms with Gasteiger partial charge >= 0.3 is 0 Å². The van der Waals surface area contributed by atoms with E-state index < -0.39 is 8.07 Å². The Morgan fingerprint density at radius 2 is 1.79 bits per heavy atom. The van der Waals surface area contributed by atoms with Crippen molar-refractivity contribution in [3.63, 3.8) is 0 Å². The van der Waals surface area contributed by atoms with Crippen LogP contribution in [0, 0.1) is 0 Å². The molecule has 8 heteroatoms. The van der Waals surface area contributed by atoms with Gasteiger partial charge in [0.15, 0.2) is 0 Å². The van der Waals surface area contributed by atoms with E-state index in [0.29, 0.717) is 32.0 Å². The van der Waals surface area contributed by atoms with Crippen LogP contribution in [0.1, 0.15) is 52.0 Å². The minimum Gasteiger partial charge on any atom is -0.361 e. The zero-order chi connectivity index (χ0) is 28.6. The molecule has 0 saturated carbocycles. The minimum atomic E-state index is -1.21. The van der Waals surface area contributed by atoms with Crippen LogP contribution >= 0.6 is 0 Å². The largest absolute Gasteiger partial charge is 0.361 e. The Kier molecular flexibility index (Phi) is 11.5. The number of likely N-dealkylation sites (N-methyl/N-ethyl adjacent to an activating group) is 1. The predicted molar refractivity (Wildman–Crippen MR) is 162 cm³/mol. The first-order valence-corrected chi connectivity index (χ1v) is 18.4. The van der Waals surface area contributed by atoms with Gasteiger partial charge in [-0.15, -0.1) is 0 Å². The van der Waals surface area contributed by atoms with Crippen LogP contribution in [0.15, 0.2) is 42.0 Å². The highest BCUT2D eigenvalue weighted by Crippen LogP contribution is 2.26. The third-order valence-corrected chi connectivity index (χ3v) is 9.92. The van der Waals surface area contributed by atoms with Crippen molar-refractivity contribution in [3.8, 4) is 0 Å². The summed E-state index contributed by atoms with van der Waals surface area (Å²) in [4.78, 5) is 31.8. The molecule has 2 aliphatic rings. The Morgan fingerprint density at radius 3 is 2.44 bits per heavy atom. The van der Waals surface area contributed by atoms with Crippen molar-refractivity contribution in [3.05, 3.63) is 47.5 Å². The van der Waals surface area contributed by atoms with Gasteiger partial charge in [0.05, 0.1) is 6.04 Å². The lowest BCUT2D eigenvalue weighted by Gasteiger charge is -2.44. The van der Waals surface area contributed by atoms with E-state index in [0.717, 1.165) is 25.7 Å². The van der Waals surface area contributed by atoms with Crippen LogP contribution in [0.5, 0.6) is 0 Å². The summed E-state index contributed by atoms with van der Waals surface area (Å²) < 4.78 is 5.72. The molecule has 2 aliphatic heterocycles. The Bertz CT molecular complexity index is 968. The van der Waals surface area contributed by atoms with Crippen LogP contribution in [0.25, 0.3) is 0 Å². The van der Waals surface area contributed by atoms with Crippen molar-refractivity contribution in [1.82, 2.24) is 20.0 Å². The molecule has 1 aromatic carbocycles. The van der Waals surface area contributed by atoms with Gasteiger partial charge in [-0.2, -0.15) is 0 Å². The zero-order valence-electron chi connectivity index (χ0n) is 25.5. The van der Waals surface area contributed by atoms with Gasteiger partial charge in [0.2, 0.25) is 11.8 Å². The molecule has 1 unspecified atom stereocenters. The number of nitrogens with zero attached hydrogens (tertiary/aromatic N) is 3. The predicted octanol–water partition coefficient (Wildman–Crippen LogP) is 4.73. The second-order valence-electron chi connectivity index (χ2n) is 13.2. The first-order chi connectivity index (χ1) is 18.4. The maximum atomic E-state index is 13.0. The summed E-state index contributed by atoms with van der Waals surface area (Å²) in [7, 11) is 1.03. The van der Waals surface area contributed by atoms with Crippen LogP contribution in [0.3, 0.4) is 0 Å². The molecule has 0 aliphatic carbocycles. The van der Waals surface area contributed by atoms with Gasteiger partial charge < -0.3 is 10.1 Å². The van der Waals surface area contributed by atoms with E-state index in [-0.39, 0.29) is 30.1 Å². The Hall–Kier alpha value is -1.84. The maximum absolute atomic E-state index is 13.0. The number of rotatable bonds is 13. The molecule has 0 bridgehead atoms. The first-order valence-electron chi connectivity index (χ1n) is 14.7. The minimum absolute atomic E-state index is 0.0666. The highest BCUT2D eigenvalue weighted by atomic mass is 28.3. The van der Waals surface area contributed by atoms with E-state index in [1.54, 1.807) is 0 Å². The van der Waals surface area contributed by atoms with Gasteiger partial charge in [-0.05, 0) is 71.8 Å². The second-order valence-corrected chi connectivity index (χ2v) is 18.8. The number of amides is 2. The van der Waals surface area contributed by atoms with Crippen LogP contribution < -0.4 is 5.32 Å². The molecule has 0 radical (unpaired) electrons. The number of carbonyl (C=O) groups is 2. The molecule has 0 aromatic heterocycles. The van der Waals surface area contributed by atoms with Crippen molar-refractivity contribution in [2.24, 2.45) is 0 Å². The number of benzene rings is 1. The van der Waals surface area contributed by atoms with E-state index >= 15 is 0 Å². The summed E-state index contributed by atoms with van der Waals surface area (Å²) >= 11 is 0. The molecule has 1 aromatic rings. The summed E-state index contributed by atoms with van der Waals surface area (Å²) in [5.74, 6) is -0.290. The maximum Gasteiger partial charge on any atom is 0.248 e. The quantitative estimate of drug-likeness (QED) is 0.164. The zero-order valence-corrected chi connectivity index (χ0v) is 26.5. The van der Waals surface area contributed by atoms with Gasteiger partial charge in [-0.25, -0.2) is 0 Å². The normalized spacial score (nSPS) is 20.8. The highest BCUT2D eigenvalue weighted by Gasteiger charge is 2.35. The molecular formula is C31H52N4O3Si. The Morgan fingerprint density at radius 1 is 1.13 bits per heavy atom. The van der Waals surface area contributed by atoms with E-state index in [2.05, 4.69) is 99.0 Å². The average Bonchev–Trinajstić information content (AvgIpc) is 2.87. The van der Waals surface area contributed by atoms with E-state index in [1.165, 1.54) is 28.9 Å². The van der Waals surface area contributed by atoms with Crippen molar-refractivity contribution in [2.45, 2.75) is 96.3 Å². The fourth-order valence-electron chi connectivity index (χ4n) is 5.51. The van der Waals surface area contributed by atoms with Crippen LogP contribution in [-0.4, -0.2) is 92.2 Å². The lowest BCUT2D eigenvalue weighted by atomic mass is 9.93. The molecule has 7 nitrogen and oxygen atoms in total. The monoisotopic (exact) mass is 556 g/mol. The number of hydrogen-bond acceptors (Lipinski definition) is 6. The highest BCUT2D eigenvalue weighted by molar-refractivity contribution is 6.76. The van der Waals surface area contributed by atoms with Gasteiger partial charge in [-0.3, -0.25) is 24.3 Å². The van der Waals surface area contributed by atoms with Crippen LogP contribution in [0.4, 0.5) is 0 Å². The molecule has 39 heavy (non-hydrogen) atoms. The second kappa shape index (κ2) is 14.2. The van der Waals surface area contributed by atoms with Crippen LogP contribution in [0.2, 0.25) is 25.7 Å². The molecule has 2 saturated heterocycles. The number of hydrogen-bond donors (Lipinski definition) is 1. The van der Waals surface area contributed by atoms with Gasteiger partial charge in [-0.1, -0.05) is 61.6 Å². The Labute approximate surface area is 238 Å². The van der Waals surface area contributed by atoms with Gasteiger partial charge in [0.25, 0.3) is 0 Å². The average molecular weight is 557 g/mol. The summed E-state index contributed by atoms with van der Waals surface area (Å²) in [6.45, 7) is 18.1. The number of imide groups is 1. The van der Waals surface area contributed by atoms with Crippen molar-refractivity contribution >= 4 is 19.9 Å². The van der Waals surface area contributed by atoms with E-state index in [9.17, 15) is 9.59 Å². The molecule has 1 atom stereocenters. The fraction of sp³-hybridized carbons (Fsp3) is 0.677. The van der Waals surface area contributed by atoms with E-state index in [1.807, 2.05) is 0 Å². The smallest absolute Gasteiger partial charge is 0.248 e. The summed E-state index contributed by atoms with van der Waals surface area (Å²) in [5, 5.41) is 3.42. The van der Waals surface area contributed by atoms with Crippen molar-refractivity contribution in [1.29, 1.82) is 0 Å². The standard InChI is InChI=1S/C31H52N4O3Si/c1-25(22-32-28-13-14-29(36)35(30(28)37)24-38-19-20-39(5,6)7)21-31(2,3)33(4)27-15-17-34(18-16-27)23-26-11-9-8-10-12-26/h8-12,21,27-28,32H,13-20,22-24H2,1-7H3/b25-21+. The van der Waals surface area contributed by atoms with E-state index in [4.69, 9.17) is 4.74 Å². The molecule has 3 rings (SSSR count). The lowest BCUT2D eigenvalue weighted by molar-refractivity contribution is -0.156. The molecule has 218 valence electrons. The number of piperidine rings is 2. The molecule has 2 heterocycles. The topological polar surface area (TPSA) is 65.1 Å². The number of likely N-dealkylation sites (tertiary alicyclic amines) is 2. The van der Waals surface area contributed by atoms with Crippen molar-refractivity contribution < 1.29 is 14.3 Å². The van der Waals surface area contributed by atoms with Crippen LogP contribution in [-0.2, 0) is 20.9 Å². The molecule has 2 amide bonds. The fourth-order valence-corrected chi connectivity index (χ4v) is 6.27. The van der Waals surface area contributed by atoms with Crippen molar-refractivity contribution in [2.75, 3.05) is 40.0 Å². The van der Waals surface area contributed by atoms with Gasteiger partial charge in [0.1, 0.15) is 6.73 Å². The Balaban J connectivity index is 1.46. The molecule has 0 spiro atoms. The number of nitrogens with one attached hydrogen (secondary N) is 1. The summed E-state index contributed by atoms with van der Waals surface area (Å²) in [6.07, 6.45) is 5.57. The SMILES string of the molecule is C/C(=C\C(C)(C)N(C)C1CCN(Cc2ccccc2)CC1)CNC1CCC(=O)N(COCC[Si](C)(C)C)C1=O.